The van der Waals surface area contributed by atoms with Crippen LogP contribution in [0.3, 0.4) is 0 Å². The smallest absolute Gasteiger partial charge is 0.354 e. The van der Waals surface area contributed by atoms with Gasteiger partial charge in [-0.15, -0.1) is 5.10 Å². The molecular weight excluding hydrogens is 350 g/mol. The number of aryl methyl sites for hydroxylation is 1. The van der Waals surface area contributed by atoms with Crippen molar-refractivity contribution in [3.8, 4) is 17.1 Å². The molecular formula is C16H14ClN3O5. The third kappa shape index (κ3) is 3.49. The number of aliphatic hydroxyl groups excluding tert-OH is 1. The third-order valence-electron chi connectivity index (χ3n) is 3.57. The molecule has 0 aliphatic heterocycles. The van der Waals surface area contributed by atoms with Gasteiger partial charge < -0.3 is 19.5 Å². The summed E-state index contributed by atoms with van der Waals surface area (Å²) in [7, 11) is 1.51. The standard InChI is InChI=1S/C16H14ClN3O5/c1-20-12(16(22)23)6-14(18-20)24-8-11-13(7-21)25-19-15(11)9-2-4-10(17)5-3-9/h2-6,21H,7-8H2,1H3,(H,22,23). The van der Waals surface area contributed by atoms with Gasteiger partial charge in [-0.3, -0.25) is 4.68 Å². The Hall–Kier alpha value is -2.84. The fourth-order valence-electron chi connectivity index (χ4n) is 2.31. The molecule has 0 aliphatic carbocycles. The van der Waals surface area contributed by atoms with E-state index in [1.165, 1.54) is 17.8 Å². The van der Waals surface area contributed by atoms with Gasteiger partial charge in [-0.05, 0) is 12.1 Å². The van der Waals surface area contributed by atoms with E-state index < -0.39 is 5.97 Å². The molecule has 2 N–H and O–H groups in total. The van der Waals surface area contributed by atoms with E-state index >= 15 is 0 Å². The number of ether oxygens (including phenoxy) is 1. The number of halogens is 1. The van der Waals surface area contributed by atoms with Crippen molar-refractivity contribution in [2.24, 2.45) is 7.05 Å². The summed E-state index contributed by atoms with van der Waals surface area (Å²) in [4.78, 5) is 11.0. The van der Waals surface area contributed by atoms with Gasteiger partial charge in [-0.25, -0.2) is 4.79 Å². The van der Waals surface area contributed by atoms with Crippen molar-refractivity contribution in [2.45, 2.75) is 13.2 Å². The number of aromatic nitrogens is 3. The molecule has 2 aromatic heterocycles. The average Bonchev–Trinajstić information content (AvgIpc) is 3.16. The maximum Gasteiger partial charge on any atom is 0.354 e. The first-order valence-electron chi connectivity index (χ1n) is 7.24. The molecule has 9 heteroatoms. The minimum absolute atomic E-state index is 0.000579. The summed E-state index contributed by atoms with van der Waals surface area (Å²) in [6, 6.07) is 8.29. The Kier molecular flexibility index (Phi) is 4.73. The van der Waals surface area contributed by atoms with Gasteiger partial charge in [0.15, 0.2) is 5.76 Å². The highest BCUT2D eigenvalue weighted by Gasteiger charge is 2.19. The van der Waals surface area contributed by atoms with E-state index in [2.05, 4.69) is 10.3 Å². The summed E-state index contributed by atoms with van der Waals surface area (Å²) in [6.45, 7) is -0.338. The number of aromatic carboxylic acids is 1. The highest BCUT2D eigenvalue weighted by molar-refractivity contribution is 6.30. The number of carboxylic acid groups (broad SMARTS) is 1. The van der Waals surface area contributed by atoms with Crippen molar-refractivity contribution in [1.29, 1.82) is 0 Å². The van der Waals surface area contributed by atoms with Crippen LogP contribution in [0.5, 0.6) is 5.88 Å². The molecule has 8 nitrogen and oxygen atoms in total. The SMILES string of the molecule is Cn1nc(OCc2c(-c3ccc(Cl)cc3)noc2CO)cc1C(=O)O. The largest absolute Gasteiger partial charge is 0.477 e. The number of carboxylic acids is 1. The zero-order valence-electron chi connectivity index (χ0n) is 13.1. The minimum Gasteiger partial charge on any atom is -0.477 e. The zero-order chi connectivity index (χ0) is 18.0. The van der Waals surface area contributed by atoms with Gasteiger partial charge in [-0.1, -0.05) is 28.9 Å². The quantitative estimate of drug-likeness (QED) is 0.692. The van der Waals surface area contributed by atoms with Crippen molar-refractivity contribution in [3.63, 3.8) is 0 Å². The van der Waals surface area contributed by atoms with E-state index in [-0.39, 0.29) is 30.5 Å². The Balaban J connectivity index is 1.86. The van der Waals surface area contributed by atoms with Crippen molar-refractivity contribution in [1.82, 2.24) is 14.9 Å². The van der Waals surface area contributed by atoms with Crippen LogP contribution in [0.4, 0.5) is 0 Å². The first-order chi connectivity index (χ1) is 12.0. The summed E-state index contributed by atoms with van der Waals surface area (Å²) in [5.41, 5.74) is 1.81. The van der Waals surface area contributed by atoms with Crippen molar-refractivity contribution in [2.75, 3.05) is 0 Å². The number of rotatable bonds is 6. The number of benzene rings is 1. The fourth-order valence-corrected chi connectivity index (χ4v) is 2.43. The van der Waals surface area contributed by atoms with Crippen LogP contribution >= 0.6 is 11.6 Å². The molecule has 0 aliphatic rings. The number of hydrogen-bond acceptors (Lipinski definition) is 6. The van der Waals surface area contributed by atoms with Gasteiger partial charge in [0, 0.05) is 23.7 Å². The Morgan fingerprint density at radius 3 is 2.68 bits per heavy atom. The molecule has 0 spiro atoms. The van der Waals surface area contributed by atoms with Gasteiger partial charge in [0.1, 0.15) is 24.6 Å². The van der Waals surface area contributed by atoms with E-state index in [0.717, 1.165) is 5.56 Å². The molecule has 0 bridgehead atoms. The number of aliphatic hydroxyl groups is 1. The van der Waals surface area contributed by atoms with Gasteiger partial charge >= 0.3 is 5.97 Å². The van der Waals surface area contributed by atoms with Crippen LogP contribution in [0.25, 0.3) is 11.3 Å². The Labute approximate surface area is 147 Å². The second kappa shape index (κ2) is 6.96. The Bertz CT molecular complexity index is 901. The highest BCUT2D eigenvalue weighted by Crippen LogP contribution is 2.28. The lowest BCUT2D eigenvalue weighted by atomic mass is 10.1. The molecule has 2 heterocycles. The van der Waals surface area contributed by atoms with Crippen LogP contribution in [0.15, 0.2) is 34.9 Å². The molecule has 3 rings (SSSR count). The topological polar surface area (TPSA) is 111 Å². The van der Waals surface area contributed by atoms with Gasteiger partial charge in [0.2, 0.25) is 5.88 Å². The first kappa shape index (κ1) is 17.0. The van der Waals surface area contributed by atoms with Crippen molar-refractivity contribution < 1.29 is 24.3 Å². The third-order valence-corrected chi connectivity index (χ3v) is 3.82. The molecule has 0 unspecified atom stereocenters. The normalized spacial score (nSPS) is 10.8. The number of nitrogens with zero attached hydrogens (tertiary/aromatic N) is 3. The molecule has 0 atom stereocenters. The van der Waals surface area contributed by atoms with Crippen LogP contribution in [-0.2, 0) is 20.3 Å². The van der Waals surface area contributed by atoms with E-state index in [1.807, 2.05) is 0 Å². The predicted octanol–water partition coefficient (Wildman–Crippen LogP) is 2.50. The number of carbonyl (C=O) groups is 1. The summed E-state index contributed by atoms with van der Waals surface area (Å²) in [6.07, 6.45) is 0. The predicted molar refractivity (Wildman–Crippen MR) is 87.4 cm³/mol. The molecule has 0 fully saturated rings. The van der Waals surface area contributed by atoms with Crippen LogP contribution in [0, 0.1) is 0 Å². The molecule has 0 radical (unpaired) electrons. The summed E-state index contributed by atoms with van der Waals surface area (Å²) >= 11 is 5.89. The van der Waals surface area contributed by atoms with Crippen molar-refractivity contribution >= 4 is 17.6 Å². The molecule has 0 saturated heterocycles. The lowest BCUT2D eigenvalue weighted by molar-refractivity contribution is 0.0685. The summed E-state index contributed by atoms with van der Waals surface area (Å²) < 4.78 is 11.9. The number of hydrogen-bond donors (Lipinski definition) is 2. The maximum absolute atomic E-state index is 11.0. The Morgan fingerprint density at radius 1 is 1.36 bits per heavy atom. The highest BCUT2D eigenvalue weighted by atomic mass is 35.5. The second-order valence-corrected chi connectivity index (χ2v) is 5.62. The van der Waals surface area contributed by atoms with Crippen molar-refractivity contribution in [3.05, 3.63) is 52.4 Å². The van der Waals surface area contributed by atoms with E-state index in [1.54, 1.807) is 24.3 Å². The molecule has 1 aromatic carbocycles. The lowest BCUT2D eigenvalue weighted by Gasteiger charge is -2.05. The van der Waals surface area contributed by atoms with E-state index in [0.29, 0.717) is 16.3 Å². The minimum atomic E-state index is -1.10. The van der Waals surface area contributed by atoms with Crippen LogP contribution in [0.1, 0.15) is 21.8 Å². The maximum atomic E-state index is 11.0. The second-order valence-electron chi connectivity index (χ2n) is 5.18. The monoisotopic (exact) mass is 363 g/mol. The summed E-state index contributed by atoms with van der Waals surface area (Å²) in [5, 5.41) is 27.0. The molecule has 25 heavy (non-hydrogen) atoms. The first-order valence-corrected chi connectivity index (χ1v) is 7.61. The van der Waals surface area contributed by atoms with Crippen LogP contribution in [0.2, 0.25) is 5.02 Å². The van der Waals surface area contributed by atoms with Gasteiger partial charge in [-0.2, -0.15) is 0 Å². The lowest BCUT2D eigenvalue weighted by Crippen LogP contribution is -2.04. The molecule has 0 saturated carbocycles. The zero-order valence-corrected chi connectivity index (χ0v) is 13.9. The van der Waals surface area contributed by atoms with E-state index in [4.69, 9.17) is 26.0 Å². The Morgan fingerprint density at radius 2 is 2.08 bits per heavy atom. The molecule has 130 valence electrons. The van der Waals surface area contributed by atoms with Crippen LogP contribution < -0.4 is 4.74 Å². The van der Waals surface area contributed by atoms with Crippen LogP contribution in [-0.4, -0.2) is 31.1 Å². The van der Waals surface area contributed by atoms with Gasteiger partial charge in [0.05, 0.1) is 5.56 Å². The average molecular weight is 364 g/mol. The summed E-state index contributed by atoms with van der Waals surface area (Å²) in [5.74, 6) is -0.695. The van der Waals surface area contributed by atoms with E-state index in [9.17, 15) is 9.90 Å². The van der Waals surface area contributed by atoms with Gasteiger partial charge in [0.25, 0.3) is 0 Å². The molecule has 0 amide bonds. The molecule has 3 aromatic rings. The fraction of sp³-hybridized carbons (Fsp3) is 0.188.